The van der Waals surface area contributed by atoms with Gasteiger partial charge in [0.25, 0.3) is 5.91 Å². The van der Waals surface area contributed by atoms with Gasteiger partial charge in [-0.2, -0.15) is 0 Å². The Labute approximate surface area is 143 Å². The van der Waals surface area contributed by atoms with E-state index in [1.165, 1.54) is 11.3 Å². The highest BCUT2D eigenvalue weighted by molar-refractivity contribution is 7.07. The van der Waals surface area contributed by atoms with Crippen LogP contribution in [0, 0.1) is 0 Å². The Kier molecular flexibility index (Phi) is 5.42. The molecule has 6 heteroatoms. The van der Waals surface area contributed by atoms with Crippen LogP contribution in [0.1, 0.15) is 5.69 Å². The van der Waals surface area contributed by atoms with Crippen LogP contribution in [0.5, 0.6) is 11.5 Å². The van der Waals surface area contributed by atoms with Crippen LogP contribution in [0.15, 0.2) is 65.5 Å². The third-order valence-corrected chi connectivity index (χ3v) is 3.77. The van der Waals surface area contributed by atoms with E-state index in [1.54, 1.807) is 29.8 Å². The second-order valence-corrected chi connectivity index (χ2v) is 5.63. The summed E-state index contributed by atoms with van der Waals surface area (Å²) in [4.78, 5) is 16.2. The van der Waals surface area contributed by atoms with Crippen LogP contribution in [-0.4, -0.2) is 17.5 Å². The predicted molar refractivity (Wildman–Crippen MR) is 93.5 cm³/mol. The first-order valence-electron chi connectivity index (χ1n) is 7.38. The lowest BCUT2D eigenvalue weighted by Gasteiger charge is -2.12. The van der Waals surface area contributed by atoms with E-state index in [0.717, 1.165) is 5.69 Å². The van der Waals surface area contributed by atoms with E-state index in [1.807, 2.05) is 35.7 Å². The van der Waals surface area contributed by atoms with Gasteiger partial charge < -0.3 is 14.8 Å². The highest BCUT2D eigenvalue weighted by atomic mass is 32.1. The minimum Gasteiger partial charge on any atom is -0.485 e. The minimum atomic E-state index is -0.247. The van der Waals surface area contributed by atoms with E-state index in [0.29, 0.717) is 23.8 Å². The third kappa shape index (κ3) is 4.57. The second-order valence-electron chi connectivity index (χ2n) is 4.91. The normalized spacial score (nSPS) is 10.2. The first-order valence-corrected chi connectivity index (χ1v) is 8.32. The van der Waals surface area contributed by atoms with Crippen molar-refractivity contribution in [2.45, 2.75) is 6.61 Å². The van der Waals surface area contributed by atoms with Crippen LogP contribution in [0.25, 0.3) is 0 Å². The molecule has 24 heavy (non-hydrogen) atoms. The van der Waals surface area contributed by atoms with Crippen molar-refractivity contribution in [2.75, 3.05) is 11.9 Å². The lowest BCUT2D eigenvalue weighted by Crippen LogP contribution is -2.20. The summed E-state index contributed by atoms with van der Waals surface area (Å²) in [5.41, 5.74) is 3.22. The van der Waals surface area contributed by atoms with Gasteiger partial charge in [-0.15, -0.1) is 11.3 Å². The van der Waals surface area contributed by atoms with Gasteiger partial charge in [0.2, 0.25) is 0 Å². The Morgan fingerprint density at radius 3 is 2.62 bits per heavy atom. The van der Waals surface area contributed by atoms with E-state index in [9.17, 15) is 4.79 Å². The zero-order valence-corrected chi connectivity index (χ0v) is 13.7. The van der Waals surface area contributed by atoms with Crippen LogP contribution >= 0.6 is 11.3 Å². The number of amides is 1. The monoisotopic (exact) mass is 340 g/mol. The van der Waals surface area contributed by atoms with Crippen LogP contribution < -0.4 is 14.8 Å². The highest BCUT2D eigenvalue weighted by Crippen LogP contribution is 2.24. The van der Waals surface area contributed by atoms with Crippen molar-refractivity contribution >= 4 is 22.9 Å². The van der Waals surface area contributed by atoms with Crippen LogP contribution in [-0.2, 0) is 11.4 Å². The number of carbonyl (C=O) groups excluding carboxylic acids is 1. The van der Waals surface area contributed by atoms with Crippen molar-refractivity contribution in [3.63, 3.8) is 0 Å². The van der Waals surface area contributed by atoms with Gasteiger partial charge in [-0.3, -0.25) is 4.79 Å². The third-order valence-electron chi connectivity index (χ3n) is 3.13. The fourth-order valence-electron chi connectivity index (χ4n) is 2.01. The number of hydrogen-bond acceptors (Lipinski definition) is 5. The molecule has 0 spiro atoms. The zero-order chi connectivity index (χ0) is 16.6. The molecule has 0 radical (unpaired) electrons. The van der Waals surface area contributed by atoms with E-state index < -0.39 is 0 Å². The molecule has 3 aromatic rings. The lowest BCUT2D eigenvalue weighted by molar-refractivity contribution is -0.118. The van der Waals surface area contributed by atoms with Gasteiger partial charge in [0.15, 0.2) is 6.61 Å². The lowest BCUT2D eigenvalue weighted by atomic mass is 10.3. The van der Waals surface area contributed by atoms with Crippen LogP contribution in [0.3, 0.4) is 0 Å². The van der Waals surface area contributed by atoms with Crippen LogP contribution in [0.2, 0.25) is 0 Å². The number of hydrogen-bond donors (Lipinski definition) is 1. The summed E-state index contributed by atoms with van der Waals surface area (Å²) in [6, 6.07) is 16.5. The summed E-state index contributed by atoms with van der Waals surface area (Å²) >= 11 is 1.52. The maximum absolute atomic E-state index is 12.1. The maximum Gasteiger partial charge on any atom is 0.262 e. The molecule has 0 atom stereocenters. The molecule has 0 aliphatic carbocycles. The Morgan fingerprint density at radius 2 is 1.83 bits per heavy atom. The average molecular weight is 340 g/mol. The molecular weight excluding hydrogens is 324 g/mol. The number of nitrogens with one attached hydrogen (secondary N) is 1. The fourth-order valence-corrected chi connectivity index (χ4v) is 2.55. The summed E-state index contributed by atoms with van der Waals surface area (Å²) < 4.78 is 11.2. The predicted octanol–water partition coefficient (Wildman–Crippen LogP) is 3.74. The number of rotatable bonds is 7. The number of carbonyl (C=O) groups is 1. The van der Waals surface area contributed by atoms with Gasteiger partial charge in [-0.05, 0) is 24.3 Å². The first-order chi connectivity index (χ1) is 11.8. The van der Waals surface area contributed by atoms with Crippen molar-refractivity contribution < 1.29 is 14.3 Å². The van der Waals surface area contributed by atoms with Crippen molar-refractivity contribution in [3.05, 3.63) is 71.2 Å². The molecule has 2 aromatic carbocycles. The number of aromatic nitrogens is 1. The molecule has 0 saturated heterocycles. The average Bonchev–Trinajstić information content (AvgIpc) is 3.14. The molecule has 1 N–H and O–H groups in total. The molecule has 0 aliphatic heterocycles. The number of nitrogens with zero attached hydrogens (tertiary/aromatic N) is 1. The number of benzene rings is 2. The topological polar surface area (TPSA) is 60.5 Å². The minimum absolute atomic E-state index is 0.0650. The summed E-state index contributed by atoms with van der Waals surface area (Å²) in [6.45, 7) is 0.293. The zero-order valence-electron chi connectivity index (χ0n) is 12.8. The standard InChI is InChI=1S/C18H16N2O3S/c21-18(11-22-15-6-2-1-3-7-15)20-16-8-4-5-9-17(16)23-10-14-12-24-13-19-14/h1-9,12-13H,10-11H2,(H,20,21). The molecule has 0 saturated carbocycles. The Morgan fingerprint density at radius 1 is 1.04 bits per heavy atom. The van der Waals surface area contributed by atoms with Crippen molar-refractivity contribution in [2.24, 2.45) is 0 Å². The van der Waals surface area contributed by atoms with E-state index in [4.69, 9.17) is 9.47 Å². The number of thiazole rings is 1. The summed E-state index contributed by atoms with van der Waals surface area (Å²) in [5.74, 6) is 1.00. The largest absolute Gasteiger partial charge is 0.485 e. The van der Waals surface area contributed by atoms with Gasteiger partial charge in [0.05, 0.1) is 16.9 Å². The molecular formula is C18H16N2O3S. The molecule has 5 nitrogen and oxygen atoms in total. The summed E-state index contributed by atoms with van der Waals surface area (Å²) in [5, 5.41) is 4.73. The van der Waals surface area contributed by atoms with E-state index in [2.05, 4.69) is 10.3 Å². The number of ether oxygens (including phenoxy) is 2. The van der Waals surface area contributed by atoms with Crippen molar-refractivity contribution in [1.29, 1.82) is 0 Å². The van der Waals surface area contributed by atoms with Gasteiger partial charge in [0.1, 0.15) is 18.1 Å². The molecule has 0 fully saturated rings. The molecule has 1 aromatic heterocycles. The molecule has 1 amide bonds. The highest BCUT2D eigenvalue weighted by Gasteiger charge is 2.09. The SMILES string of the molecule is O=C(COc1ccccc1)Nc1ccccc1OCc1cscn1. The molecule has 122 valence electrons. The van der Waals surface area contributed by atoms with Gasteiger partial charge in [-0.1, -0.05) is 30.3 Å². The molecule has 0 unspecified atom stereocenters. The van der Waals surface area contributed by atoms with Crippen LogP contribution in [0.4, 0.5) is 5.69 Å². The number of anilines is 1. The molecule has 3 rings (SSSR count). The Bertz CT molecular complexity index is 776. The second kappa shape index (κ2) is 8.12. The quantitative estimate of drug-likeness (QED) is 0.712. The van der Waals surface area contributed by atoms with Gasteiger partial charge >= 0.3 is 0 Å². The van der Waals surface area contributed by atoms with Crippen molar-refractivity contribution in [3.8, 4) is 11.5 Å². The molecule has 0 bridgehead atoms. The maximum atomic E-state index is 12.1. The summed E-state index contributed by atoms with van der Waals surface area (Å²) in [7, 11) is 0. The van der Waals surface area contributed by atoms with Gasteiger partial charge in [0, 0.05) is 5.38 Å². The Balaban J connectivity index is 1.57. The Hall–Kier alpha value is -2.86. The van der Waals surface area contributed by atoms with E-state index >= 15 is 0 Å². The fraction of sp³-hybridized carbons (Fsp3) is 0.111. The molecule has 1 heterocycles. The van der Waals surface area contributed by atoms with Gasteiger partial charge in [-0.25, -0.2) is 4.98 Å². The summed E-state index contributed by atoms with van der Waals surface area (Å²) in [6.07, 6.45) is 0. The van der Waals surface area contributed by atoms with Crippen molar-refractivity contribution in [1.82, 2.24) is 4.98 Å². The van der Waals surface area contributed by atoms with E-state index in [-0.39, 0.29) is 12.5 Å². The number of para-hydroxylation sites is 3. The first kappa shape index (κ1) is 16.0. The smallest absolute Gasteiger partial charge is 0.262 e. The molecule has 0 aliphatic rings.